The number of amides is 3. The second-order valence-corrected chi connectivity index (χ2v) is 7.55. The maximum absolute atomic E-state index is 13.1. The van der Waals surface area contributed by atoms with E-state index >= 15 is 0 Å². The van der Waals surface area contributed by atoms with Crippen LogP contribution in [0.2, 0.25) is 5.02 Å². The van der Waals surface area contributed by atoms with E-state index in [2.05, 4.69) is 15.7 Å². The van der Waals surface area contributed by atoms with Gasteiger partial charge in [0.05, 0.1) is 32.0 Å². The van der Waals surface area contributed by atoms with Crippen molar-refractivity contribution in [2.45, 2.75) is 12.1 Å². The topological polar surface area (TPSA) is 122 Å². The van der Waals surface area contributed by atoms with Gasteiger partial charge in [-0.2, -0.15) is 5.11 Å². The molecule has 172 valence electrons. The summed E-state index contributed by atoms with van der Waals surface area (Å²) >= 11 is 6.14. The molecule has 11 nitrogen and oxygen atoms in total. The van der Waals surface area contributed by atoms with E-state index in [9.17, 15) is 14.4 Å². The third-order valence-corrected chi connectivity index (χ3v) is 5.52. The van der Waals surface area contributed by atoms with Gasteiger partial charge in [0.1, 0.15) is 12.3 Å². The largest absolute Gasteiger partial charge is 0.495 e. The van der Waals surface area contributed by atoms with Gasteiger partial charge < -0.3 is 19.5 Å². The zero-order chi connectivity index (χ0) is 23.7. The van der Waals surface area contributed by atoms with Crippen LogP contribution in [0.4, 0.5) is 11.4 Å². The van der Waals surface area contributed by atoms with Gasteiger partial charge in [-0.05, 0) is 30.3 Å². The van der Waals surface area contributed by atoms with Crippen LogP contribution in [0.3, 0.4) is 0 Å². The van der Waals surface area contributed by atoms with Crippen molar-refractivity contribution in [2.24, 2.45) is 10.3 Å². The Morgan fingerprint density at radius 3 is 2.36 bits per heavy atom. The van der Waals surface area contributed by atoms with Crippen molar-refractivity contribution in [1.82, 2.24) is 5.01 Å². The first-order valence-corrected chi connectivity index (χ1v) is 10.2. The highest BCUT2D eigenvalue weighted by atomic mass is 35.5. The number of hydrogen-bond donors (Lipinski definition) is 1. The summed E-state index contributed by atoms with van der Waals surface area (Å²) in [7, 11) is 4.45. The summed E-state index contributed by atoms with van der Waals surface area (Å²) in [6.45, 7) is -0.282. The molecule has 2 aromatic carbocycles. The van der Waals surface area contributed by atoms with Crippen LogP contribution in [0.1, 0.15) is 0 Å². The molecule has 0 spiro atoms. The Bertz CT molecular complexity index is 1160. The number of methoxy groups -OCH3 is 3. The minimum atomic E-state index is -1.03. The van der Waals surface area contributed by atoms with Crippen LogP contribution in [0.15, 0.2) is 46.7 Å². The SMILES string of the molecule is COc1ccc(N2C(=O)C3N=NN(CC(=O)Nc4ccc(OC)c(OC)c4)C3C2=O)cc1Cl. The van der Waals surface area contributed by atoms with Crippen molar-refractivity contribution < 1.29 is 28.6 Å². The van der Waals surface area contributed by atoms with Crippen molar-refractivity contribution in [3.63, 3.8) is 0 Å². The molecule has 1 fully saturated rings. The number of halogens is 1. The molecule has 0 radical (unpaired) electrons. The Kier molecular flexibility index (Phi) is 6.05. The van der Waals surface area contributed by atoms with Gasteiger partial charge in [-0.3, -0.25) is 19.4 Å². The van der Waals surface area contributed by atoms with E-state index in [1.54, 1.807) is 30.3 Å². The van der Waals surface area contributed by atoms with E-state index in [4.69, 9.17) is 25.8 Å². The van der Waals surface area contributed by atoms with Gasteiger partial charge in [0, 0.05) is 11.8 Å². The average molecular weight is 474 g/mol. The predicted molar refractivity (Wildman–Crippen MR) is 118 cm³/mol. The summed E-state index contributed by atoms with van der Waals surface area (Å²) in [5.41, 5.74) is 0.754. The molecule has 4 rings (SSSR count). The summed E-state index contributed by atoms with van der Waals surface area (Å²) in [5, 5.41) is 11.9. The van der Waals surface area contributed by atoms with Crippen LogP contribution in [-0.2, 0) is 14.4 Å². The van der Waals surface area contributed by atoms with Crippen molar-refractivity contribution >= 4 is 40.7 Å². The van der Waals surface area contributed by atoms with Gasteiger partial charge >= 0.3 is 0 Å². The van der Waals surface area contributed by atoms with Crippen LogP contribution in [0.25, 0.3) is 0 Å². The molecule has 12 heteroatoms. The lowest BCUT2D eigenvalue weighted by Gasteiger charge is -2.20. The fourth-order valence-electron chi connectivity index (χ4n) is 3.66. The summed E-state index contributed by atoms with van der Waals surface area (Å²) in [6, 6.07) is 7.41. The number of benzene rings is 2. The number of fused-ring (bicyclic) bond motifs is 1. The van der Waals surface area contributed by atoms with Crippen LogP contribution in [0, 0.1) is 0 Å². The summed E-state index contributed by atoms with van der Waals surface area (Å²) < 4.78 is 15.5. The monoisotopic (exact) mass is 473 g/mol. The van der Waals surface area contributed by atoms with E-state index in [1.807, 2.05) is 0 Å². The molecule has 0 aromatic heterocycles. The molecule has 2 aliphatic rings. The zero-order valence-electron chi connectivity index (χ0n) is 17.9. The second-order valence-electron chi connectivity index (χ2n) is 7.14. The lowest BCUT2D eigenvalue weighted by Crippen LogP contribution is -2.43. The Balaban J connectivity index is 1.48. The Labute approximate surface area is 193 Å². The Morgan fingerprint density at radius 2 is 1.70 bits per heavy atom. The van der Waals surface area contributed by atoms with Gasteiger partial charge in [-0.1, -0.05) is 16.8 Å². The number of nitrogens with one attached hydrogen (secondary N) is 1. The molecule has 2 aliphatic heterocycles. The number of ether oxygens (including phenoxy) is 3. The molecule has 2 heterocycles. The minimum Gasteiger partial charge on any atom is -0.495 e. The number of carbonyl (C=O) groups excluding carboxylic acids is 3. The van der Waals surface area contributed by atoms with E-state index < -0.39 is 29.8 Å². The molecule has 0 saturated carbocycles. The van der Waals surface area contributed by atoms with Crippen LogP contribution in [0.5, 0.6) is 17.2 Å². The van der Waals surface area contributed by atoms with Crippen molar-refractivity contribution in [3.05, 3.63) is 41.4 Å². The molecule has 1 saturated heterocycles. The number of nitrogens with zero attached hydrogens (tertiary/aromatic N) is 4. The molecule has 2 unspecified atom stereocenters. The summed E-state index contributed by atoms with van der Waals surface area (Å²) in [4.78, 5) is 39.5. The number of imide groups is 1. The van der Waals surface area contributed by atoms with Gasteiger partial charge in [-0.25, -0.2) is 4.90 Å². The maximum atomic E-state index is 13.1. The lowest BCUT2D eigenvalue weighted by atomic mass is 10.1. The predicted octanol–water partition coefficient (Wildman–Crippen LogP) is 2.30. The number of rotatable bonds is 7. The quantitative estimate of drug-likeness (QED) is 0.612. The molecule has 3 amide bonds. The molecule has 0 bridgehead atoms. The van der Waals surface area contributed by atoms with E-state index in [-0.39, 0.29) is 17.3 Å². The highest BCUT2D eigenvalue weighted by Crippen LogP contribution is 2.35. The Hall–Kier alpha value is -3.86. The minimum absolute atomic E-state index is 0.250. The van der Waals surface area contributed by atoms with Crippen LogP contribution < -0.4 is 24.4 Å². The van der Waals surface area contributed by atoms with Gasteiger partial charge in [0.15, 0.2) is 23.6 Å². The molecule has 33 heavy (non-hydrogen) atoms. The Morgan fingerprint density at radius 1 is 1.00 bits per heavy atom. The summed E-state index contributed by atoms with van der Waals surface area (Å²) in [6.07, 6.45) is 0. The first-order valence-electron chi connectivity index (χ1n) is 9.78. The number of anilines is 2. The molecular weight excluding hydrogens is 454 g/mol. The molecular formula is C21H20ClN5O6. The van der Waals surface area contributed by atoms with Gasteiger partial charge in [-0.15, -0.1) is 0 Å². The van der Waals surface area contributed by atoms with E-state index in [1.165, 1.54) is 32.4 Å². The second kappa shape index (κ2) is 8.94. The number of hydrogen-bond acceptors (Lipinski definition) is 9. The van der Waals surface area contributed by atoms with Crippen LogP contribution in [-0.4, -0.2) is 62.7 Å². The van der Waals surface area contributed by atoms with Crippen molar-refractivity contribution in [2.75, 3.05) is 38.1 Å². The zero-order valence-corrected chi connectivity index (χ0v) is 18.7. The first-order chi connectivity index (χ1) is 15.9. The first kappa shape index (κ1) is 22.3. The third kappa shape index (κ3) is 4.02. The van der Waals surface area contributed by atoms with Crippen molar-refractivity contribution in [1.29, 1.82) is 0 Å². The van der Waals surface area contributed by atoms with E-state index in [0.29, 0.717) is 22.9 Å². The fraction of sp³-hybridized carbons (Fsp3) is 0.286. The van der Waals surface area contributed by atoms with E-state index in [0.717, 1.165) is 4.90 Å². The maximum Gasteiger partial charge on any atom is 0.263 e. The van der Waals surface area contributed by atoms with Gasteiger partial charge in [0.25, 0.3) is 11.8 Å². The normalized spacial score (nSPS) is 19.0. The fourth-order valence-corrected chi connectivity index (χ4v) is 3.92. The lowest BCUT2D eigenvalue weighted by molar-refractivity contribution is -0.123. The molecule has 2 atom stereocenters. The molecule has 2 aromatic rings. The van der Waals surface area contributed by atoms with Crippen LogP contribution >= 0.6 is 11.6 Å². The van der Waals surface area contributed by atoms with Gasteiger partial charge in [0.2, 0.25) is 5.91 Å². The molecule has 0 aliphatic carbocycles. The molecule has 1 N–H and O–H groups in total. The third-order valence-electron chi connectivity index (χ3n) is 5.22. The number of carbonyl (C=O) groups is 3. The highest BCUT2D eigenvalue weighted by molar-refractivity contribution is 6.33. The smallest absolute Gasteiger partial charge is 0.263 e. The average Bonchev–Trinajstić information content (AvgIpc) is 3.32. The summed E-state index contributed by atoms with van der Waals surface area (Å²) in [5.74, 6) is -0.171. The standard InChI is InChI=1S/C21H20ClN5O6/c1-31-14-7-5-12(9-13(14)22)27-20(29)18-19(21(27)30)26(25-24-18)10-17(28)23-11-4-6-15(32-2)16(8-11)33-3/h4-9,18-19H,10H2,1-3H3,(H,23,28). The highest BCUT2D eigenvalue weighted by Gasteiger charge is 2.55. The van der Waals surface area contributed by atoms with Crippen molar-refractivity contribution in [3.8, 4) is 17.2 Å².